The van der Waals surface area contributed by atoms with E-state index in [9.17, 15) is 0 Å². The fraction of sp³-hybridized carbons (Fsp3) is 0.412. The SMILES string of the molecule is CCCCCCN1CC=CC=C1c1ccccc1. The third-order valence-electron chi connectivity index (χ3n) is 3.41. The van der Waals surface area contributed by atoms with Crippen LogP contribution in [0.5, 0.6) is 0 Å². The van der Waals surface area contributed by atoms with Crippen molar-refractivity contribution in [3.05, 3.63) is 54.1 Å². The average molecular weight is 241 g/mol. The van der Waals surface area contributed by atoms with Crippen LogP contribution in [-0.2, 0) is 0 Å². The number of benzene rings is 1. The van der Waals surface area contributed by atoms with Crippen LogP contribution < -0.4 is 0 Å². The molecule has 1 heteroatoms. The van der Waals surface area contributed by atoms with Gasteiger partial charge in [-0.15, -0.1) is 0 Å². The Morgan fingerprint density at radius 3 is 2.67 bits per heavy atom. The number of hydrogen-bond donors (Lipinski definition) is 0. The molecule has 0 aliphatic carbocycles. The zero-order valence-corrected chi connectivity index (χ0v) is 11.3. The van der Waals surface area contributed by atoms with Gasteiger partial charge in [-0.05, 0) is 18.1 Å². The zero-order valence-electron chi connectivity index (χ0n) is 11.3. The third-order valence-corrected chi connectivity index (χ3v) is 3.41. The minimum atomic E-state index is 1.05. The average Bonchev–Trinajstić information content (AvgIpc) is 2.45. The second-order valence-corrected chi connectivity index (χ2v) is 4.85. The molecule has 0 spiro atoms. The number of nitrogens with zero attached hydrogens (tertiary/aromatic N) is 1. The van der Waals surface area contributed by atoms with E-state index in [0.29, 0.717) is 0 Å². The number of unbranched alkanes of at least 4 members (excludes halogenated alkanes) is 3. The lowest BCUT2D eigenvalue weighted by Crippen LogP contribution is -2.25. The first kappa shape index (κ1) is 12.9. The maximum Gasteiger partial charge on any atom is 0.0442 e. The Morgan fingerprint density at radius 1 is 1.06 bits per heavy atom. The molecular weight excluding hydrogens is 218 g/mol. The van der Waals surface area contributed by atoms with Crippen molar-refractivity contribution in [2.75, 3.05) is 13.1 Å². The van der Waals surface area contributed by atoms with E-state index in [2.05, 4.69) is 60.4 Å². The topological polar surface area (TPSA) is 3.24 Å². The summed E-state index contributed by atoms with van der Waals surface area (Å²) in [4.78, 5) is 2.49. The number of rotatable bonds is 6. The molecule has 0 aromatic heterocycles. The summed E-state index contributed by atoms with van der Waals surface area (Å²) in [6, 6.07) is 10.7. The van der Waals surface area contributed by atoms with Crippen molar-refractivity contribution in [1.29, 1.82) is 0 Å². The summed E-state index contributed by atoms with van der Waals surface area (Å²) in [6.07, 6.45) is 12.0. The molecule has 0 radical (unpaired) electrons. The molecule has 1 nitrogen and oxygen atoms in total. The highest BCUT2D eigenvalue weighted by molar-refractivity contribution is 5.66. The van der Waals surface area contributed by atoms with Crippen LogP contribution >= 0.6 is 0 Å². The number of allylic oxidation sites excluding steroid dienone is 2. The van der Waals surface area contributed by atoms with Gasteiger partial charge in [-0.3, -0.25) is 0 Å². The van der Waals surface area contributed by atoms with Crippen LogP contribution in [0.4, 0.5) is 0 Å². The molecule has 0 saturated heterocycles. The molecule has 0 N–H and O–H groups in total. The molecule has 0 bridgehead atoms. The Morgan fingerprint density at radius 2 is 1.89 bits per heavy atom. The first-order chi connectivity index (χ1) is 8.92. The third kappa shape index (κ3) is 3.49. The lowest BCUT2D eigenvalue weighted by Gasteiger charge is -2.28. The molecule has 0 atom stereocenters. The molecule has 1 aliphatic heterocycles. The Kier molecular flexibility index (Phi) is 5.07. The van der Waals surface area contributed by atoms with Crippen LogP contribution in [0.1, 0.15) is 38.2 Å². The minimum absolute atomic E-state index is 1.05. The van der Waals surface area contributed by atoms with Crippen LogP contribution in [0.2, 0.25) is 0 Å². The van der Waals surface area contributed by atoms with Gasteiger partial charge in [0.15, 0.2) is 0 Å². The largest absolute Gasteiger partial charge is 0.367 e. The van der Waals surface area contributed by atoms with E-state index in [-0.39, 0.29) is 0 Å². The van der Waals surface area contributed by atoms with Crippen LogP contribution in [0.3, 0.4) is 0 Å². The molecule has 96 valence electrons. The fourth-order valence-corrected chi connectivity index (χ4v) is 2.38. The predicted molar refractivity (Wildman–Crippen MR) is 79.3 cm³/mol. The van der Waals surface area contributed by atoms with Crippen molar-refractivity contribution >= 4 is 5.70 Å². The summed E-state index contributed by atoms with van der Waals surface area (Å²) in [6.45, 7) is 4.48. The zero-order chi connectivity index (χ0) is 12.6. The summed E-state index contributed by atoms with van der Waals surface area (Å²) in [5.74, 6) is 0. The quantitative estimate of drug-likeness (QED) is 0.664. The lowest BCUT2D eigenvalue weighted by atomic mass is 10.1. The van der Waals surface area contributed by atoms with Gasteiger partial charge in [0.2, 0.25) is 0 Å². The van der Waals surface area contributed by atoms with Gasteiger partial charge >= 0.3 is 0 Å². The van der Waals surface area contributed by atoms with Crippen molar-refractivity contribution in [3.63, 3.8) is 0 Å². The maximum atomic E-state index is 2.49. The van der Waals surface area contributed by atoms with Crippen LogP contribution in [0, 0.1) is 0 Å². The van der Waals surface area contributed by atoms with Crippen LogP contribution in [-0.4, -0.2) is 18.0 Å². The maximum absolute atomic E-state index is 2.49. The molecular formula is C17H23N. The van der Waals surface area contributed by atoms with Crippen molar-refractivity contribution in [2.24, 2.45) is 0 Å². The van der Waals surface area contributed by atoms with E-state index in [0.717, 1.165) is 6.54 Å². The molecule has 1 aromatic rings. The van der Waals surface area contributed by atoms with Gasteiger partial charge in [-0.1, -0.05) is 68.7 Å². The highest BCUT2D eigenvalue weighted by Gasteiger charge is 2.11. The predicted octanol–water partition coefficient (Wildman–Crippen LogP) is 4.48. The monoisotopic (exact) mass is 241 g/mol. The van der Waals surface area contributed by atoms with E-state index >= 15 is 0 Å². The van der Waals surface area contributed by atoms with Gasteiger partial charge in [0.1, 0.15) is 0 Å². The van der Waals surface area contributed by atoms with Crippen molar-refractivity contribution in [2.45, 2.75) is 32.6 Å². The van der Waals surface area contributed by atoms with E-state index in [1.165, 1.54) is 43.5 Å². The van der Waals surface area contributed by atoms with Gasteiger partial charge in [0.05, 0.1) is 0 Å². The van der Waals surface area contributed by atoms with E-state index in [4.69, 9.17) is 0 Å². The summed E-state index contributed by atoms with van der Waals surface area (Å²) >= 11 is 0. The van der Waals surface area contributed by atoms with Crippen molar-refractivity contribution in [3.8, 4) is 0 Å². The molecule has 2 rings (SSSR count). The summed E-state index contributed by atoms with van der Waals surface area (Å²) in [7, 11) is 0. The minimum Gasteiger partial charge on any atom is -0.367 e. The van der Waals surface area contributed by atoms with Crippen molar-refractivity contribution in [1.82, 2.24) is 4.90 Å². The second kappa shape index (κ2) is 7.05. The van der Waals surface area contributed by atoms with Gasteiger partial charge < -0.3 is 4.90 Å². The van der Waals surface area contributed by atoms with Gasteiger partial charge in [-0.25, -0.2) is 0 Å². The van der Waals surface area contributed by atoms with Crippen molar-refractivity contribution < 1.29 is 0 Å². The first-order valence-corrected chi connectivity index (χ1v) is 7.09. The smallest absolute Gasteiger partial charge is 0.0442 e. The molecule has 0 saturated carbocycles. The van der Waals surface area contributed by atoms with E-state index in [1.54, 1.807) is 0 Å². The summed E-state index contributed by atoms with van der Waals surface area (Å²) in [5.41, 5.74) is 2.70. The highest BCUT2D eigenvalue weighted by atomic mass is 15.1. The van der Waals surface area contributed by atoms with E-state index < -0.39 is 0 Å². The molecule has 1 aromatic carbocycles. The van der Waals surface area contributed by atoms with Gasteiger partial charge in [-0.2, -0.15) is 0 Å². The van der Waals surface area contributed by atoms with Gasteiger partial charge in [0.25, 0.3) is 0 Å². The fourth-order valence-electron chi connectivity index (χ4n) is 2.38. The molecule has 0 amide bonds. The Balaban J connectivity index is 1.98. The molecule has 0 unspecified atom stereocenters. The second-order valence-electron chi connectivity index (χ2n) is 4.85. The molecule has 18 heavy (non-hydrogen) atoms. The molecule has 0 fully saturated rings. The lowest BCUT2D eigenvalue weighted by molar-refractivity contribution is 0.414. The molecule has 1 heterocycles. The van der Waals surface area contributed by atoms with E-state index in [1.807, 2.05) is 0 Å². The highest BCUT2D eigenvalue weighted by Crippen LogP contribution is 2.22. The Hall–Kier alpha value is -1.50. The normalized spacial score (nSPS) is 14.7. The first-order valence-electron chi connectivity index (χ1n) is 7.09. The Bertz CT molecular complexity index is 403. The van der Waals surface area contributed by atoms with Crippen LogP contribution in [0.15, 0.2) is 48.6 Å². The van der Waals surface area contributed by atoms with Gasteiger partial charge in [0, 0.05) is 18.8 Å². The standard InChI is InChI=1S/C17H23N/c1-2-3-4-9-14-18-15-10-8-13-17(18)16-11-6-5-7-12-16/h5-8,10-13H,2-4,9,14-15H2,1H3. The number of hydrogen-bond acceptors (Lipinski definition) is 1. The van der Waals surface area contributed by atoms with Crippen LogP contribution in [0.25, 0.3) is 5.70 Å². The Labute approximate surface area is 111 Å². The summed E-state index contributed by atoms with van der Waals surface area (Å²) in [5, 5.41) is 0. The summed E-state index contributed by atoms with van der Waals surface area (Å²) < 4.78 is 0. The molecule has 1 aliphatic rings.